The van der Waals surface area contributed by atoms with Crippen molar-refractivity contribution in [3.8, 4) is 0 Å². The van der Waals surface area contributed by atoms with E-state index in [1.165, 1.54) is 6.92 Å². The molecule has 1 aromatic carbocycles. The van der Waals surface area contributed by atoms with Crippen LogP contribution in [0, 0.1) is 0 Å². The first kappa shape index (κ1) is 19.7. The van der Waals surface area contributed by atoms with E-state index in [2.05, 4.69) is 26.6 Å². The van der Waals surface area contributed by atoms with E-state index in [1.54, 1.807) is 23.9 Å². The molecule has 0 heterocycles. The number of anilines is 1. The topological polar surface area (TPSA) is 75.3 Å². The summed E-state index contributed by atoms with van der Waals surface area (Å²) in [6, 6.07) is 6.17. The van der Waals surface area contributed by atoms with Gasteiger partial charge in [0, 0.05) is 23.0 Å². The number of benzene rings is 1. The summed E-state index contributed by atoms with van der Waals surface area (Å²) in [7, 11) is 0. The second kappa shape index (κ2) is 10.4. The fourth-order valence-electron chi connectivity index (χ4n) is 1.88. The molecule has 1 atom stereocenters. The van der Waals surface area contributed by atoms with Crippen molar-refractivity contribution in [2.45, 2.75) is 32.2 Å². The Hall–Kier alpha value is -1.34. The molecule has 0 aliphatic carbocycles. The van der Waals surface area contributed by atoms with Gasteiger partial charge >= 0.3 is 6.03 Å². The maximum absolute atomic E-state index is 12.2. The second-order valence-corrected chi connectivity index (χ2v) is 7.01. The van der Waals surface area contributed by atoms with Crippen LogP contribution in [0.15, 0.2) is 28.7 Å². The molecule has 0 saturated heterocycles. The lowest BCUT2D eigenvalue weighted by molar-refractivity contribution is -0.124. The van der Waals surface area contributed by atoms with Crippen LogP contribution >= 0.6 is 27.7 Å². The SMILES string of the molecule is CSCC[C@H](NC(=O)Nc1ccc(Br)cc1)C(=O)CCC(C)=O. The van der Waals surface area contributed by atoms with Gasteiger partial charge in [-0.05, 0) is 49.6 Å². The minimum absolute atomic E-state index is 0.0266. The van der Waals surface area contributed by atoms with Crippen molar-refractivity contribution >= 4 is 51.0 Å². The largest absolute Gasteiger partial charge is 0.328 e. The Labute approximate surface area is 149 Å². The summed E-state index contributed by atoms with van der Waals surface area (Å²) in [5.41, 5.74) is 0.644. The maximum atomic E-state index is 12.2. The van der Waals surface area contributed by atoms with Crippen LogP contribution in [0.5, 0.6) is 0 Å². The molecule has 0 saturated carbocycles. The Morgan fingerprint density at radius 3 is 2.39 bits per heavy atom. The highest BCUT2D eigenvalue weighted by Gasteiger charge is 2.20. The molecule has 1 aromatic rings. The predicted molar refractivity (Wildman–Crippen MR) is 98.0 cm³/mol. The number of nitrogens with one attached hydrogen (secondary N) is 2. The lowest BCUT2D eigenvalue weighted by Crippen LogP contribution is -2.43. The van der Waals surface area contributed by atoms with Crippen LogP contribution in [0.4, 0.5) is 10.5 Å². The highest BCUT2D eigenvalue weighted by molar-refractivity contribution is 9.10. The molecule has 2 N–H and O–H groups in total. The van der Waals surface area contributed by atoms with E-state index < -0.39 is 12.1 Å². The van der Waals surface area contributed by atoms with Crippen molar-refractivity contribution in [1.29, 1.82) is 0 Å². The summed E-state index contributed by atoms with van der Waals surface area (Å²) < 4.78 is 0.917. The summed E-state index contributed by atoms with van der Waals surface area (Å²) in [5.74, 6) is 0.621. The number of carbonyl (C=O) groups excluding carboxylic acids is 3. The Morgan fingerprint density at radius 1 is 1.17 bits per heavy atom. The Bertz CT molecular complexity index is 549. The highest BCUT2D eigenvalue weighted by Crippen LogP contribution is 2.14. The summed E-state index contributed by atoms with van der Waals surface area (Å²) in [5, 5.41) is 5.40. The number of hydrogen-bond acceptors (Lipinski definition) is 4. The average Bonchev–Trinajstić information content (AvgIpc) is 2.51. The molecular formula is C16H21BrN2O3S. The van der Waals surface area contributed by atoms with Gasteiger partial charge < -0.3 is 15.4 Å². The molecule has 7 heteroatoms. The summed E-state index contributed by atoms with van der Waals surface area (Å²) in [6.45, 7) is 1.46. The minimum atomic E-state index is -0.572. The van der Waals surface area contributed by atoms with Crippen molar-refractivity contribution in [3.05, 3.63) is 28.7 Å². The molecule has 0 aliphatic rings. The van der Waals surface area contributed by atoms with Gasteiger partial charge in [-0.2, -0.15) is 11.8 Å². The first-order valence-corrected chi connectivity index (χ1v) is 9.45. The number of hydrogen-bond donors (Lipinski definition) is 2. The van der Waals surface area contributed by atoms with Crippen LogP contribution < -0.4 is 10.6 Å². The molecule has 23 heavy (non-hydrogen) atoms. The van der Waals surface area contributed by atoms with Crippen molar-refractivity contribution in [3.63, 3.8) is 0 Å². The summed E-state index contributed by atoms with van der Waals surface area (Å²) in [6.07, 6.45) is 2.86. The molecule has 126 valence electrons. The second-order valence-electron chi connectivity index (χ2n) is 5.11. The number of rotatable bonds is 9. The van der Waals surface area contributed by atoms with Gasteiger partial charge in [0.25, 0.3) is 0 Å². The van der Waals surface area contributed by atoms with E-state index in [9.17, 15) is 14.4 Å². The van der Waals surface area contributed by atoms with Gasteiger partial charge in [0.15, 0.2) is 5.78 Å². The van der Waals surface area contributed by atoms with Crippen molar-refractivity contribution < 1.29 is 14.4 Å². The first-order chi connectivity index (χ1) is 10.9. The Morgan fingerprint density at radius 2 is 1.83 bits per heavy atom. The van der Waals surface area contributed by atoms with Crippen LogP contribution in [0.2, 0.25) is 0 Å². The monoisotopic (exact) mass is 400 g/mol. The van der Waals surface area contributed by atoms with Crippen LogP contribution in [0.25, 0.3) is 0 Å². The normalized spacial score (nSPS) is 11.6. The van der Waals surface area contributed by atoms with E-state index in [0.717, 1.165) is 10.2 Å². The number of ketones is 2. The lowest BCUT2D eigenvalue weighted by atomic mass is 10.0. The molecule has 0 aliphatic heterocycles. The summed E-state index contributed by atoms with van der Waals surface area (Å²) in [4.78, 5) is 35.2. The number of thioether (sulfide) groups is 1. The van der Waals surface area contributed by atoms with Crippen molar-refractivity contribution in [1.82, 2.24) is 5.32 Å². The molecule has 0 spiro atoms. The third-order valence-corrected chi connectivity index (χ3v) is 4.30. The van der Waals surface area contributed by atoms with Crippen LogP contribution in [0.3, 0.4) is 0 Å². The maximum Gasteiger partial charge on any atom is 0.319 e. The van der Waals surface area contributed by atoms with Crippen molar-refractivity contribution in [2.75, 3.05) is 17.3 Å². The van der Waals surface area contributed by atoms with Crippen LogP contribution in [0.1, 0.15) is 26.2 Å². The molecule has 0 bridgehead atoms. The number of halogens is 1. The molecule has 0 radical (unpaired) electrons. The van der Waals surface area contributed by atoms with Crippen LogP contribution in [-0.4, -0.2) is 35.6 Å². The van der Waals surface area contributed by atoms with E-state index >= 15 is 0 Å². The lowest BCUT2D eigenvalue weighted by Gasteiger charge is -2.17. The quantitative estimate of drug-likeness (QED) is 0.663. The van der Waals surface area contributed by atoms with Gasteiger partial charge in [-0.25, -0.2) is 4.79 Å². The van der Waals surface area contributed by atoms with Gasteiger partial charge in [0.05, 0.1) is 6.04 Å². The third kappa shape index (κ3) is 8.18. The molecule has 0 unspecified atom stereocenters. The van der Waals surface area contributed by atoms with Crippen LogP contribution in [-0.2, 0) is 9.59 Å². The smallest absolute Gasteiger partial charge is 0.319 e. The Balaban J connectivity index is 2.60. The fraction of sp³-hybridized carbons (Fsp3) is 0.438. The zero-order chi connectivity index (χ0) is 17.2. The van der Waals surface area contributed by atoms with Gasteiger partial charge in [0.2, 0.25) is 0 Å². The average molecular weight is 401 g/mol. The molecule has 0 aromatic heterocycles. The summed E-state index contributed by atoms with van der Waals surface area (Å²) >= 11 is 4.93. The van der Waals surface area contributed by atoms with Gasteiger partial charge in [-0.1, -0.05) is 15.9 Å². The van der Waals surface area contributed by atoms with E-state index in [0.29, 0.717) is 12.1 Å². The highest BCUT2D eigenvalue weighted by atomic mass is 79.9. The van der Waals surface area contributed by atoms with E-state index in [1.807, 2.05) is 18.4 Å². The first-order valence-electron chi connectivity index (χ1n) is 7.26. The molecule has 2 amide bonds. The number of urea groups is 1. The zero-order valence-corrected chi connectivity index (χ0v) is 15.6. The fourth-order valence-corrected chi connectivity index (χ4v) is 2.62. The predicted octanol–water partition coefficient (Wildman–Crippen LogP) is 3.63. The van der Waals surface area contributed by atoms with Gasteiger partial charge in [-0.15, -0.1) is 0 Å². The third-order valence-electron chi connectivity index (χ3n) is 3.13. The number of amides is 2. The minimum Gasteiger partial charge on any atom is -0.328 e. The molecule has 1 rings (SSSR count). The standard InChI is InChI=1S/C16H21BrN2O3S/c1-11(20)3-8-15(21)14(9-10-23-2)19-16(22)18-13-6-4-12(17)5-7-13/h4-7,14H,3,8-10H2,1-2H3,(H2,18,19,22)/t14-/m0/s1. The zero-order valence-electron chi connectivity index (χ0n) is 13.2. The Kier molecular flexibility index (Phi) is 8.94. The number of Topliss-reactive ketones (excluding diaryl/α,β-unsaturated/α-hetero) is 2. The molecule has 5 nitrogen and oxygen atoms in total. The number of carbonyl (C=O) groups is 3. The van der Waals surface area contributed by atoms with Gasteiger partial charge in [0.1, 0.15) is 5.78 Å². The molecule has 0 fully saturated rings. The van der Waals surface area contributed by atoms with Crippen molar-refractivity contribution in [2.24, 2.45) is 0 Å². The molecular weight excluding hydrogens is 380 g/mol. The van der Waals surface area contributed by atoms with E-state index in [-0.39, 0.29) is 24.4 Å². The van der Waals surface area contributed by atoms with Gasteiger partial charge in [-0.3, -0.25) is 4.79 Å². The van der Waals surface area contributed by atoms with E-state index in [4.69, 9.17) is 0 Å².